The molecule has 3 aliphatic heterocycles. The van der Waals surface area contributed by atoms with Gasteiger partial charge in [-0.25, -0.2) is 0 Å². The van der Waals surface area contributed by atoms with E-state index in [0.29, 0.717) is 12.1 Å². The molecule has 0 radical (unpaired) electrons. The van der Waals surface area contributed by atoms with Gasteiger partial charge >= 0.3 is 0 Å². The number of rotatable bonds is 6. The average Bonchev–Trinajstić information content (AvgIpc) is 3.03. The van der Waals surface area contributed by atoms with E-state index in [1.807, 2.05) is 0 Å². The average molecular weight is 293 g/mol. The van der Waals surface area contributed by atoms with Gasteiger partial charge in [-0.15, -0.1) is 0 Å². The predicted molar refractivity (Wildman–Crippen MR) is 81.2 cm³/mol. The van der Waals surface area contributed by atoms with Gasteiger partial charge in [0, 0.05) is 38.8 Å². The highest BCUT2D eigenvalue weighted by Gasteiger charge is 2.36. The van der Waals surface area contributed by atoms with Gasteiger partial charge < -0.3 is 9.84 Å². The molecule has 3 aliphatic rings. The van der Waals surface area contributed by atoms with Crippen molar-refractivity contribution in [3.63, 3.8) is 0 Å². The smallest absolute Gasteiger partial charge is 0.231 e. The Hall–Kier alpha value is -0.980. The second-order valence-electron chi connectivity index (χ2n) is 6.20. The second-order valence-corrected chi connectivity index (χ2v) is 6.20. The van der Waals surface area contributed by atoms with Crippen molar-refractivity contribution in [2.45, 2.75) is 45.2 Å². The molecule has 1 N–H and O–H groups in total. The number of hydrogen-bond donors (Lipinski definition) is 1. The van der Waals surface area contributed by atoms with Crippen LogP contribution in [0, 0.1) is 0 Å². The minimum Gasteiger partial charge on any atom is -0.339 e. The van der Waals surface area contributed by atoms with E-state index in [1.54, 1.807) is 0 Å². The normalized spacial score (nSPS) is 31.3. The summed E-state index contributed by atoms with van der Waals surface area (Å²) in [7, 11) is 0. The number of piperazine rings is 3. The van der Waals surface area contributed by atoms with Gasteiger partial charge in [-0.05, 0) is 13.0 Å². The molecule has 3 saturated heterocycles. The molecule has 3 atom stereocenters. The Balaban J connectivity index is 1.71. The molecule has 3 unspecified atom stereocenters. The highest BCUT2D eigenvalue weighted by Crippen LogP contribution is 2.28. The number of likely N-dealkylation sites (N-methyl/N-ethyl adjacent to an activating group) is 1. The van der Waals surface area contributed by atoms with Gasteiger partial charge in [-0.3, -0.25) is 9.80 Å². The van der Waals surface area contributed by atoms with Crippen LogP contribution in [0.5, 0.6) is 0 Å². The number of hydrogen-bond acceptors (Lipinski definition) is 6. The van der Waals surface area contributed by atoms with Crippen LogP contribution in [0.3, 0.4) is 0 Å². The first-order valence-corrected chi connectivity index (χ1v) is 8.26. The van der Waals surface area contributed by atoms with E-state index in [4.69, 9.17) is 9.51 Å². The molecular weight excluding hydrogens is 266 g/mol. The molecule has 4 heterocycles. The maximum atomic E-state index is 5.57. The zero-order valence-electron chi connectivity index (χ0n) is 13.4. The molecular formula is C15H27N5O. The Morgan fingerprint density at radius 3 is 2.62 bits per heavy atom. The minimum absolute atomic E-state index is 0.257. The number of aromatic nitrogens is 2. The molecule has 0 saturated carbocycles. The van der Waals surface area contributed by atoms with Gasteiger partial charge in [0.1, 0.15) is 0 Å². The molecule has 6 heteroatoms. The van der Waals surface area contributed by atoms with E-state index in [1.165, 1.54) is 13.1 Å². The topological polar surface area (TPSA) is 57.4 Å². The standard InChI is InChI=1S/C15H27N5O/c1-4-12(16-5-2)11(3)15-17-14(18-21-15)13-10-19-6-8-20(13)9-7-19/h11-13,16H,4-10H2,1-3H3. The summed E-state index contributed by atoms with van der Waals surface area (Å²) in [6.07, 6.45) is 1.07. The third-order valence-electron chi connectivity index (χ3n) is 4.93. The van der Waals surface area contributed by atoms with Gasteiger partial charge in [0.15, 0.2) is 5.82 Å². The molecule has 21 heavy (non-hydrogen) atoms. The van der Waals surface area contributed by atoms with Crippen LogP contribution in [-0.4, -0.2) is 65.3 Å². The lowest BCUT2D eigenvalue weighted by Gasteiger charge is -2.46. The molecule has 2 bridgehead atoms. The largest absolute Gasteiger partial charge is 0.339 e. The lowest BCUT2D eigenvalue weighted by atomic mass is 9.99. The Kier molecular flexibility index (Phi) is 4.57. The van der Waals surface area contributed by atoms with Crippen molar-refractivity contribution in [2.24, 2.45) is 0 Å². The second kappa shape index (κ2) is 6.42. The van der Waals surface area contributed by atoms with Gasteiger partial charge in [0.2, 0.25) is 5.89 Å². The van der Waals surface area contributed by atoms with Crippen molar-refractivity contribution >= 4 is 0 Å². The third-order valence-corrected chi connectivity index (χ3v) is 4.93. The van der Waals surface area contributed by atoms with E-state index < -0.39 is 0 Å². The molecule has 0 aromatic carbocycles. The van der Waals surface area contributed by atoms with E-state index in [0.717, 1.165) is 44.3 Å². The van der Waals surface area contributed by atoms with Crippen molar-refractivity contribution < 1.29 is 4.52 Å². The highest BCUT2D eigenvalue weighted by atomic mass is 16.5. The van der Waals surface area contributed by atoms with Gasteiger partial charge in [0.05, 0.1) is 12.0 Å². The first-order chi connectivity index (χ1) is 10.2. The lowest BCUT2D eigenvalue weighted by Crippen LogP contribution is -2.57. The molecule has 0 aliphatic carbocycles. The molecule has 6 nitrogen and oxygen atoms in total. The summed E-state index contributed by atoms with van der Waals surface area (Å²) < 4.78 is 5.57. The zero-order valence-corrected chi connectivity index (χ0v) is 13.4. The fourth-order valence-corrected chi connectivity index (χ4v) is 3.54. The monoisotopic (exact) mass is 293 g/mol. The minimum atomic E-state index is 0.257. The van der Waals surface area contributed by atoms with Crippen LogP contribution < -0.4 is 5.32 Å². The van der Waals surface area contributed by atoms with Gasteiger partial charge in [-0.2, -0.15) is 4.98 Å². The van der Waals surface area contributed by atoms with Crippen LogP contribution in [-0.2, 0) is 0 Å². The Morgan fingerprint density at radius 1 is 1.29 bits per heavy atom. The van der Waals surface area contributed by atoms with Crippen LogP contribution in [0.15, 0.2) is 4.52 Å². The third kappa shape index (κ3) is 2.98. The molecule has 0 amide bonds. The Morgan fingerprint density at radius 2 is 2.05 bits per heavy atom. The van der Waals surface area contributed by atoms with Gasteiger partial charge in [-0.1, -0.05) is 25.9 Å². The quantitative estimate of drug-likeness (QED) is 0.851. The van der Waals surface area contributed by atoms with Crippen molar-refractivity contribution in [1.29, 1.82) is 0 Å². The first-order valence-electron chi connectivity index (χ1n) is 8.26. The predicted octanol–water partition coefficient (Wildman–Crippen LogP) is 1.23. The number of fused-ring (bicyclic) bond motifs is 3. The van der Waals surface area contributed by atoms with Crippen LogP contribution in [0.2, 0.25) is 0 Å². The number of nitrogens with one attached hydrogen (secondary N) is 1. The zero-order chi connectivity index (χ0) is 14.8. The first kappa shape index (κ1) is 14.9. The van der Waals surface area contributed by atoms with E-state index >= 15 is 0 Å². The number of nitrogens with zero attached hydrogens (tertiary/aromatic N) is 4. The van der Waals surface area contributed by atoms with E-state index in [-0.39, 0.29) is 5.92 Å². The fourth-order valence-electron chi connectivity index (χ4n) is 3.54. The maximum absolute atomic E-state index is 5.57. The SMILES string of the molecule is CCNC(CC)C(C)c1nc(C2CN3CCN2CC3)no1. The van der Waals surface area contributed by atoms with Crippen LogP contribution in [0.4, 0.5) is 0 Å². The maximum Gasteiger partial charge on any atom is 0.231 e. The molecule has 4 rings (SSSR count). The molecule has 1 aromatic rings. The summed E-state index contributed by atoms with van der Waals surface area (Å²) in [5.41, 5.74) is 0. The lowest BCUT2D eigenvalue weighted by molar-refractivity contribution is 0.00781. The van der Waals surface area contributed by atoms with Crippen LogP contribution in [0.25, 0.3) is 0 Å². The molecule has 118 valence electrons. The Bertz CT molecular complexity index is 455. The van der Waals surface area contributed by atoms with Crippen molar-refractivity contribution in [1.82, 2.24) is 25.3 Å². The highest BCUT2D eigenvalue weighted by molar-refractivity contribution is 5.04. The van der Waals surface area contributed by atoms with Crippen LogP contribution in [0.1, 0.15) is 50.9 Å². The fraction of sp³-hybridized carbons (Fsp3) is 0.867. The van der Waals surface area contributed by atoms with E-state index in [2.05, 4.69) is 41.0 Å². The van der Waals surface area contributed by atoms with Crippen molar-refractivity contribution in [2.75, 3.05) is 39.3 Å². The molecule has 0 spiro atoms. The summed E-state index contributed by atoms with van der Waals surface area (Å²) >= 11 is 0. The summed E-state index contributed by atoms with van der Waals surface area (Å²) in [6, 6.07) is 0.714. The Labute approximate surface area is 126 Å². The van der Waals surface area contributed by atoms with Crippen molar-refractivity contribution in [3.05, 3.63) is 11.7 Å². The molecule has 3 fully saturated rings. The summed E-state index contributed by atoms with van der Waals surface area (Å²) in [5, 5.41) is 7.77. The van der Waals surface area contributed by atoms with Crippen LogP contribution >= 0.6 is 0 Å². The van der Waals surface area contributed by atoms with Gasteiger partial charge in [0.25, 0.3) is 0 Å². The summed E-state index contributed by atoms with van der Waals surface area (Å²) in [6.45, 7) is 13.1. The summed E-state index contributed by atoms with van der Waals surface area (Å²) in [4.78, 5) is 9.70. The molecule has 1 aromatic heterocycles. The van der Waals surface area contributed by atoms with E-state index in [9.17, 15) is 0 Å². The van der Waals surface area contributed by atoms with Crippen molar-refractivity contribution in [3.8, 4) is 0 Å². The summed E-state index contributed by atoms with van der Waals surface area (Å²) in [5.74, 6) is 1.90.